The molecule has 1 aliphatic heterocycles. The van der Waals surface area contributed by atoms with Crippen molar-refractivity contribution >= 4 is 22.4 Å². The van der Waals surface area contributed by atoms with Crippen LogP contribution in [-0.4, -0.2) is 28.2 Å². The summed E-state index contributed by atoms with van der Waals surface area (Å²) >= 11 is 1.45. The molecule has 0 saturated carbocycles. The molecule has 0 amide bonds. The molecular weight excluding hydrogens is 210 g/mol. The highest BCUT2D eigenvalue weighted by Gasteiger charge is 2.23. The molecule has 0 atom stereocenters. The van der Waals surface area contributed by atoms with Gasteiger partial charge in [0.15, 0.2) is 0 Å². The second-order valence-corrected chi connectivity index (χ2v) is 4.73. The highest BCUT2D eigenvalue weighted by Crippen LogP contribution is 2.24. The van der Waals surface area contributed by atoms with E-state index in [0.717, 1.165) is 36.9 Å². The first-order valence-electron chi connectivity index (χ1n) is 5.22. The van der Waals surface area contributed by atoms with E-state index in [4.69, 9.17) is 0 Å². The Morgan fingerprint density at radius 2 is 2.13 bits per heavy atom. The first-order chi connectivity index (χ1) is 7.16. The van der Waals surface area contributed by atoms with Crippen molar-refractivity contribution in [1.29, 1.82) is 0 Å². The van der Waals surface area contributed by atoms with Gasteiger partial charge in [-0.05, 0) is 26.7 Å². The lowest BCUT2D eigenvalue weighted by atomic mass is 9.94. The molecule has 2 heterocycles. The Hall–Kier alpha value is -0.970. The molecule has 4 nitrogen and oxygen atoms in total. The summed E-state index contributed by atoms with van der Waals surface area (Å²) in [5.74, 6) is 1.42. The molecule has 0 aliphatic carbocycles. The smallest absolute Gasteiger partial charge is 0.205 e. The summed E-state index contributed by atoms with van der Waals surface area (Å²) in [6, 6.07) is 0. The van der Waals surface area contributed by atoms with Crippen LogP contribution >= 0.6 is 11.5 Å². The lowest BCUT2D eigenvalue weighted by molar-refractivity contribution is -0.121. The van der Waals surface area contributed by atoms with Gasteiger partial charge in [0, 0.05) is 30.5 Å². The largest absolute Gasteiger partial charge is 0.347 e. The molecule has 1 fully saturated rings. The summed E-state index contributed by atoms with van der Waals surface area (Å²) in [5.41, 5.74) is 0. The third-order valence-electron chi connectivity index (χ3n) is 2.86. The van der Waals surface area contributed by atoms with Crippen LogP contribution in [0.2, 0.25) is 0 Å². The number of piperidine rings is 1. The molecule has 1 aromatic rings. The van der Waals surface area contributed by atoms with Crippen LogP contribution in [0.3, 0.4) is 0 Å². The zero-order valence-corrected chi connectivity index (χ0v) is 9.88. The Morgan fingerprint density at radius 1 is 1.47 bits per heavy atom. The number of Topliss-reactive ketones (excluding diaryl/α,β-unsaturated/α-hetero) is 1. The first-order valence-corrected chi connectivity index (χ1v) is 6.00. The average molecular weight is 225 g/mol. The summed E-state index contributed by atoms with van der Waals surface area (Å²) in [6.07, 6.45) is 1.90. The van der Waals surface area contributed by atoms with Gasteiger partial charge < -0.3 is 4.90 Å². The molecule has 2 rings (SSSR count). The number of ketones is 1. The number of hydrogen-bond acceptors (Lipinski definition) is 5. The van der Waals surface area contributed by atoms with Crippen molar-refractivity contribution in [3.63, 3.8) is 0 Å². The van der Waals surface area contributed by atoms with Crippen LogP contribution in [0.4, 0.5) is 5.13 Å². The fraction of sp³-hybridized carbons (Fsp3) is 0.700. The predicted octanol–water partition coefficient (Wildman–Crippen LogP) is 1.65. The maximum Gasteiger partial charge on any atom is 0.205 e. The van der Waals surface area contributed by atoms with Crippen LogP contribution in [0.15, 0.2) is 0 Å². The third kappa shape index (κ3) is 2.34. The molecule has 0 radical (unpaired) electrons. The average Bonchev–Trinajstić information content (AvgIpc) is 2.65. The second kappa shape index (κ2) is 4.26. The van der Waals surface area contributed by atoms with E-state index in [2.05, 4.69) is 14.3 Å². The number of aromatic nitrogens is 2. The summed E-state index contributed by atoms with van der Waals surface area (Å²) in [7, 11) is 0. The van der Waals surface area contributed by atoms with E-state index in [1.54, 1.807) is 6.92 Å². The van der Waals surface area contributed by atoms with Crippen molar-refractivity contribution in [2.45, 2.75) is 26.7 Å². The summed E-state index contributed by atoms with van der Waals surface area (Å²) in [5, 5.41) is 0.995. The third-order valence-corrected chi connectivity index (χ3v) is 3.73. The van der Waals surface area contributed by atoms with Crippen molar-refractivity contribution in [2.24, 2.45) is 5.92 Å². The molecule has 5 heteroatoms. The quantitative estimate of drug-likeness (QED) is 0.768. The van der Waals surface area contributed by atoms with Crippen molar-refractivity contribution in [3.8, 4) is 0 Å². The van der Waals surface area contributed by atoms with E-state index in [0.29, 0.717) is 5.78 Å². The Balaban J connectivity index is 1.96. The zero-order chi connectivity index (χ0) is 10.8. The normalized spacial score (nSPS) is 18.1. The van der Waals surface area contributed by atoms with Crippen LogP contribution in [0.5, 0.6) is 0 Å². The van der Waals surface area contributed by atoms with Crippen LogP contribution in [0.1, 0.15) is 25.6 Å². The van der Waals surface area contributed by atoms with Crippen LogP contribution in [-0.2, 0) is 4.79 Å². The highest BCUT2D eigenvalue weighted by atomic mass is 32.1. The van der Waals surface area contributed by atoms with Gasteiger partial charge >= 0.3 is 0 Å². The van der Waals surface area contributed by atoms with Gasteiger partial charge in [-0.2, -0.15) is 4.37 Å². The molecule has 1 aromatic heterocycles. The summed E-state index contributed by atoms with van der Waals surface area (Å²) in [4.78, 5) is 17.8. The van der Waals surface area contributed by atoms with Crippen molar-refractivity contribution in [2.75, 3.05) is 18.0 Å². The Bertz CT molecular complexity index is 355. The minimum absolute atomic E-state index is 0.260. The van der Waals surface area contributed by atoms with Gasteiger partial charge in [-0.25, -0.2) is 4.98 Å². The molecule has 1 saturated heterocycles. The standard InChI is InChI=1S/C10H15N3OS/c1-7(14)9-3-5-13(6-4-9)10-11-8(2)12-15-10/h9H,3-6H2,1-2H3. The first kappa shape index (κ1) is 10.5. The number of nitrogens with zero attached hydrogens (tertiary/aromatic N) is 3. The van der Waals surface area contributed by atoms with Crippen molar-refractivity contribution < 1.29 is 4.79 Å². The van der Waals surface area contributed by atoms with Crippen molar-refractivity contribution in [1.82, 2.24) is 9.36 Å². The Kier molecular flexibility index (Phi) is 3.00. The molecule has 0 spiro atoms. The van der Waals surface area contributed by atoms with Gasteiger partial charge in [0.2, 0.25) is 5.13 Å². The number of aryl methyl sites for hydroxylation is 1. The van der Waals surface area contributed by atoms with Gasteiger partial charge in [0.05, 0.1) is 0 Å². The molecule has 0 bridgehead atoms. The molecule has 0 N–H and O–H groups in total. The fourth-order valence-electron chi connectivity index (χ4n) is 1.89. The lowest BCUT2D eigenvalue weighted by Crippen LogP contribution is -2.35. The monoisotopic (exact) mass is 225 g/mol. The highest BCUT2D eigenvalue weighted by molar-refractivity contribution is 7.09. The number of anilines is 1. The number of carbonyl (C=O) groups is 1. The SMILES string of the molecule is CC(=O)C1CCN(c2nc(C)ns2)CC1. The van der Waals surface area contributed by atoms with Crippen LogP contribution in [0, 0.1) is 12.8 Å². The maximum absolute atomic E-state index is 11.2. The number of rotatable bonds is 2. The van der Waals surface area contributed by atoms with E-state index in [-0.39, 0.29) is 5.92 Å². The molecule has 0 aromatic carbocycles. The number of carbonyl (C=O) groups excluding carboxylic acids is 1. The second-order valence-electron chi connectivity index (χ2n) is 4.00. The van der Waals surface area contributed by atoms with Crippen LogP contribution in [0.25, 0.3) is 0 Å². The molecule has 15 heavy (non-hydrogen) atoms. The van der Waals surface area contributed by atoms with Gasteiger partial charge in [-0.1, -0.05) is 0 Å². The van der Waals surface area contributed by atoms with Crippen molar-refractivity contribution in [3.05, 3.63) is 5.82 Å². The zero-order valence-electron chi connectivity index (χ0n) is 9.06. The fourth-order valence-corrected chi connectivity index (χ4v) is 2.62. The van der Waals surface area contributed by atoms with E-state index >= 15 is 0 Å². The minimum Gasteiger partial charge on any atom is -0.347 e. The summed E-state index contributed by atoms with van der Waals surface area (Å²) < 4.78 is 4.17. The lowest BCUT2D eigenvalue weighted by Gasteiger charge is -2.30. The van der Waals surface area contributed by atoms with E-state index in [1.807, 2.05) is 6.92 Å². The molecule has 1 aliphatic rings. The molecular formula is C10H15N3OS. The van der Waals surface area contributed by atoms with Gasteiger partial charge in [0.1, 0.15) is 11.6 Å². The van der Waals surface area contributed by atoms with Gasteiger partial charge in [-0.15, -0.1) is 0 Å². The van der Waals surface area contributed by atoms with Crippen LogP contribution < -0.4 is 4.90 Å². The van der Waals surface area contributed by atoms with E-state index < -0.39 is 0 Å². The van der Waals surface area contributed by atoms with Gasteiger partial charge in [0.25, 0.3) is 0 Å². The maximum atomic E-state index is 11.2. The minimum atomic E-state index is 0.260. The predicted molar refractivity (Wildman–Crippen MR) is 60.3 cm³/mol. The molecule has 82 valence electrons. The number of hydrogen-bond donors (Lipinski definition) is 0. The van der Waals surface area contributed by atoms with Gasteiger partial charge in [-0.3, -0.25) is 4.79 Å². The van der Waals surface area contributed by atoms with E-state index in [9.17, 15) is 4.79 Å². The summed E-state index contributed by atoms with van der Waals surface area (Å²) in [6.45, 7) is 5.45. The Morgan fingerprint density at radius 3 is 2.60 bits per heavy atom. The van der Waals surface area contributed by atoms with E-state index in [1.165, 1.54) is 11.5 Å². The topological polar surface area (TPSA) is 46.1 Å². The molecule has 0 unspecified atom stereocenters. The Labute approximate surface area is 93.5 Å².